The van der Waals surface area contributed by atoms with Crippen LogP contribution >= 0.6 is 11.3 Å². The number of hydrogen-bond acceptors (Lipinski definition) is 5. The van der Waals surface area contributed by atoms with E-state index in [0.29, 0.717) is 11.6 Å². The molecule has 2 N–H and O–H groups in total. The Morgan fingerprint density at radius 3 is 3.00 bits per heavy atom. The third-order valence-electron chi connectivity index (χ3n) is 2.66. The van der Waals surface area contributed by atoms with Gasteiger partial charge in [-0.1, -0.05) is 0 Å². The van der Waals surface area contributed by atoms with Crippen molar-refractivity contribution in [1.29, 1.82) is 0 Å². The topological polar surface area (TPSA) is 88.5 Å². The average molecular weight is 270 g/mol. The standard InChI is InChI=1S/C11H14N2O4S/c14-10(8-3-1-2-4-17-8)12-5-9-13-7(6-18-9)11(15)16/h6,8H,1-5H2,(H,12,14)(H,15,16)/t8-/m0/s1. The van der Waals surface area contributed by atoms with E-state index in [1.54, 1.807) is 0 Å². The van der Waals surface area contributed by atoms with Crippen LogP contribution in [0.1, 0.15) is 34.8 Å². The second-order valence-corrected chi connectivity index (χ2v) is 4.95. The highest BCUT2D eigenvalue weighted by Gasteiger charge is 2.21. The average Bonchev–Trinajstić information content (AvgIpc) is 2.86. The Morgan fingerprint density at radius 2 is 2.39 bits per heavy atom. The summed E-state index contributed by atoms with van der Waals surface area (Å²) in [4.78, 5) is 26.3. The predicted octanol–water partition coefficient (Wildman–Crippen LogP) is 1.03. The third-order valence-corrected chi connectivity index (χ3v) is 3.51. The molecule has 1 saturated heterocycles. The smallest absolute Gasteiger partial charge is 0.355 e. The molecule has 1 amide bonds. The summed E-state index contributed by atoms with van der Waals surface area (Å²) >= 11 is 1.22. The molecule has 0 aromatic carbocycles. The predicted molar refractivity (Wildman–Crippen MR) is 64.5 cm³/mol. The summed E-state index contributed by atoms with van der Waals surface area (Å²) in [6.45, 7) is 0.870. The Kier molecular flexibility index (Phi) is 4.27. The van der Waals surface area contributed by atoms with Crippen molar-refractivity contribution in [2.24, 2.45) is 0 Å². The minimum absolute atomic E-state index is 0.0122. The molecule has 18 heavy (non-hydrogen) atoms. The van der Waals surface area contributed by atoms with Gasteiger partial charge in [0.2, 0.25) is 5.91 Å². The Bertz CT molecular complexity index is 440. The monoisotopic (exact) mass is 270 g/mol. The van der Waals surface area contributed by atoms with Crippen molar-refractivity contribution in [2.75, 3.05) is 6.61 Å². The Morgan fingerprint density at radius 1 is 1.56 bits per heavy atom. The van der Waals surface area contributed by atoms with Gasteiger partial charge >= 0.3 is 5.97 Å². The van der Waals surface area contributed by atoms with Crippen molar-refractivity contribution in [3.8, 4) is 0 Å². The molecule has 2 rings (SSSR count). The van der Waals surface area contributed by atoms with E-state index in [9.17, 15) is 9.59 Å². The number of nitrogens with zero attached hydrogens (tertiary/aromatic N) is 1. The molecule has 0 saturated carbocycles. The number of aromatic nitrogens is 1. The summed E-state index contributed by atoms with van der Waals surface area (Å²) in [5.41, 5.74) is 0.0122. The molecule has 0 aliphatic carbocycles. The largest absolute Gasteiger partial charge is 0.476 e. The van der Waals surface area contributed by atoms with Crippen molar-refractivity contribution in [3.05, 3.63) is 16.1 Å². The molecule has 1 aromatic heterocycles. The zero-order chi connectivity index (χ0) is 13.0. The van der Waals surface area contributed by atoms with E-state index in [2.05, 4.69) is 10.3 Å². The molecule has 98 valence electrons. The number of aromatic carboxylic acids is 1. The first-order valence-corrected chi connectivity index (χ1v) is 6.62. The Hall–Kier alpha value is -1.47. The third kappa shape index (κ3) is 3.27. The molecule has 0 unspecified atom stereocenters. The van der Waals surface area contributed by atoms with Gasteiger partial charge in [0.25, 0.3) is 0 Å². The van der Waals surface area contributed by atoms with E-state index >= 15 is 0 Å². The summed E-state index contributed by atoms with van der Waals surface area (Å²) in [6.07, 6.45) is 2.36. The number of ether oxygens (including phenoxy) is 1. The second-order valence-electron chi connectivity index (χ2n) is 4.00. The summed E-state index contributed by atoms with van der Waals surface area (Å²) in [5.74, 6) is -1.21. The van der Waals surface area contributed by atoms with Crippen molar-refractivity contribution < 1.29 is 19.4 Å². The highest BCUT2D eigenvalue weighted by Crippen LogP contribution is 2.13. The van der Waals surface area contributed by atoms with Crippen molar-refractivity contribution in [3.63, 3.8) is 0 Å². The van der Waals surface area contributed by atoms with Crippen LogP contribution in [-0.4, -0.2) is 34.7 Å². The first-order valence-electron chi connectivity index (χ1n) is 5.74. The maximum absolute atomic E-state index is 11.7. The molecular formula is C11H14N2O4S. The number of rotatable bonds is 4. The number of carboxylic acids is 1. The first-order chi connectivity index (χ1) is 8.66. The van der Waals surface area contributed by atoms with Crippen LogP contribution in [0.25, 0.3) is 0 Å². The summed E-state index contributed by atoms with van der Waals surface area (Å²) < 4.78 is 5.35. The van der Waals surface area contributed by atoms with E-state index in [4.69, 9.17) is 9.84 Å². The lowest BCUT2D eigenvalue weighted by molar-refractivity contribution is -0.135. The maximum atomic E-state index is 11.7. The van der Waals surface area contributed by atoms with Crippen LogP contribution in [0.15, 0.2) is 5.38 Å². The van der Waals surface area contributed by atoms with E-state index in [0.717, 1.165) is 19.3 Å². The Balaban J connectivity index is 1.82. The van der Waals surface area contributed by atoms with E-state index in [-0.39, 0.29) is 24.2 Å². The fraction of sp³-hybridized carbons (Fsp3) is 0.545. The fourth-order valence-corrected chi connectivity index (χ4v) is 2.42. The molecule has 0 bridgehead atoms. The highest BCUT2D eigenvalue weighted by molar-refractivity contribution is 7.09. The van der Waals surface area contributed by atoms with Gasteiger partial charge in [-0.05, 0) is 19.3 Å². The molecule has 1 atom stereocenters. The number of carbonyl (C=O) groups is 2. The van der Waals surface area contributed by atoms with E-state index in [1.807, 2.05) is 0 Å². The zero-order valence-electron chi connectivity index (χ0n) is 9.72. The van der Waals surface area contributed by atoms with Gasteiger partial charge in [0, 0.05) is 12.0 Å². The number of carboxylic acid groups (broad SMARTS) is 1. The molecule has 0 spiro atoms. The SMILES string of the molecule is O=C(O)c1csc(CNC(=O)[C@@H]2CCCCO2)n1. The van der Waals surface area contributed by atoms with Gasteiger partial charge in [0.1, 0.15) is 11.1 Å². The molecule has 1 fully saturated rings. The van der Waals surface area contributed by atoms with Crippen LogP contribution in [0.4, 0.5) is 0 Å². The number of nitrogens with one attached hydrogen (secondary N) is 1. The van der Waals surface area contributed by atoms with Crippen molar-refractivity contribution in [2.45, 2.75) is 31.9 Å². The Labute approximate surface area is 108 Å². The zero-order valence-corrected chi connectivity index (χ0v) is 10.5. The summed E-state index contributed by atoms with van der Waals surface area (Å²) in [5, 5.41) is 13.5. The van der Waals surface area contributed by atoms with Crippen molar-refractivity contribution >= 4 is 23.2 Å². The molecule has 1 aliphatic heterocycles. The van der Waals surface area contributed by atoms with Gasteiger partial charge in [-0.15, -0.1) is 11.3 Å². The van der Waals surface area contributed by atoms with Crippen LogP contribution in [-0.2, 0) is 16.1 Å². The highest BCUT2D eigenvalue weighted by atomic mass is 32.1. The molecule has 7 heteroatoms. The van der Waals surface area contributed by atoms with Gasteiger partial charge in [-0.3, -0.25) is 4.79 Å². The quantitative estimate of drug-likeness (QED) is 0.853. The fourth-order valence-electron chi connectivity index (χ4n) is 1.71. The van der Waals surface area contributed by atoms with E-state index < -0.39 is 5.97 Å². The van der Waals surface area contributed by atoms with Gasteiger partial charge in [-0.25, -0.2) is 9.78 Å². The van der Waals surface area contributed by atoms with Crippen LogP contribution in [0.5, 0.6) is 0 Å². The molecule has 6 nitrogen and oxygen atoms in total. The number of carbonyl (C=O) groups excluding carboxylic acids is 1. The number of hydrogen-bond donors (Lipinski definition) is 2. The minimum atomic E-state index is -1.06. The van der Waals surface area contributed by atoms with Crippen LogP contribution < -0.4 is 5.32 Å². The number of amides is 1. The lowest BCUT2D eigenvalue weighted by atomic mass is 10.1. The number of thiazole rings is 1. The second kappa shape index (κ2) is 5.92. The van der Waals surface area contributed by atoms with Crippen molar-refractivity contribution in [1.82, 2.24) is 10.3 Å². The van der Waals surface area contributed by atoms with Crippen LogP contribution in [0.3, 0.4) is 0 Å². The summed E-state index contributed by atoms with van der Waals surface area (Å²) in [6, 6.07) is 0. The summed E-state index contributed by atoms with van der Waals surface area (Å²) in [7, 11) is 0. The van der Waals surface area contributed by atoms with E-state index in [1.165, 1.54) is 16.7 Å². The van der Waals surface area contributed by atoms with Gasteiger partial charge in [-0.2, -0.15) is 0 Å². The molecule has 1 aromatic rings. The van der Waals surface area contributed by atoms with Crippen LogP contribution in [0, 0.1) is 0 Å². The molecular weight excluding hydrogens is 256 g/mol. The maximum Gasteiger partial charge on any atom is 0.355 e. The van der Waals surface area contributed by atoms with Gasteiger partial charge in [0.15, 0.2) is 5.69 Å². The van der Waals surface area contributed by atoms with Crippen LogP contribution in [0.2, 0.25) is 0 Å². The molecule has 1 aliphatic rings. The molecule has 2 heterocycles. The minimum Gasteiger partial charge on any atom is -0.476 e. The molecule has 0 radical (unpaired) electrons. The van der Waals surface area contributed by atoms with Gasteiger partial charge < -0.3 is 15.2 Å². The lowest BCUT2D eigenvalue weighted by Gasteiger charge is -2.21. The van der Waals surface area contributed by atoms with Gasteiger partial charge in [0.05, 0.1) is 6.54 Å². The first kappa shape index (κ1) is 13.0. The lowest BCUT2D eigenvalue weighted by Crippen LogP contribution is -2.37. The normalized spacial score (nSPS) is 19.4.